The maximum Gasteiger partial charge on any atom is 0.224 e. The highest BCUT2D eigenvalue weighted by Gasteiger charge is 2.12. The molecule has 2 aromatic rings. The van der Waals surface area contributed by atoms with E-state index in [0.29, 0.717) is 6.42 Å². The Kier molecular flexibility index (Phi) is 4.79. The topological polar surface area (TPSA) is 29.1 Å². The summed E-state index contributed by atoms with van der Waals surface area (Å²) in [6, 6.07) is 14.4. The second-order valence-corrected chi connectivity index (χ2v) is 5.75. The van der Waals surface area contributed by atoms with Crippen molar-refractivity contribution in [2.24, 2.45) is 0 Å². The molecule has 0 saturated carbocycles. The highest BCUT2D eigenvalue weighted by atomic mass is 16.1. The summed E-state index contributed by atoms with van der Waals surface area (Å²) in [5, 5.41) is 3.09. The Bertz CT molecular complexity index is 646. The van der Waals surface area contributed by atoms with E-state index in [0.717, 1.165) is 5.56 Å². The molecule has 1 atom stereocenters. The average Bonchev–Trinajstić information content (AvgIpc) is 2.42. The zero-order valence-electron chi connectivity index (χ0n) is 13.2. The third kappa shape index (κ3) is 3.94. The van der Waals surface area contributed by atoms with Gasteiger partial charge in [0.2, 0.25) is 5.91 Å². The third-order valence-electron chi connectivity index (χ3n) is 3.88. The van der Waals surface area contributed by atoms with Crippen molar-refractivity contribution in [3.05, 3.63) is 70.3 Å². The molecule has 2 heteroatoms. The molecule has 0 unspecified atom stereocenters. The molecule has 0 aliphatic rings. The Balaban J connectivity index is 2.03. The van der Waals surface area contributed by atoms with Crippen LogP contribution in [0.5, 0.6) is 0 Å². The van der Waals surface area contributed by atoms with Gasteiger partial charge in [-0.3, -0.25) is 4.79 Å². The molecule has 0 heterocycles. The number of benzene rings is 2. The number of hydrogen-bond donors (Lipinski definition) is 1. The van der Waals surface area contributed by atoms with E-state index < -0.39 is 0 Å². The normalized spacial score (nSPS) is 12.0. The number of hydrogen-bond acceptors (Lipinski definition) is 1. The molecule has 2 nitrogen and oxygen atoms in total. The fraction of sp³-hybridized carbons (Fsp3) is 0.316. The molecule has 21 heavy (non-hydrogen) atoms. The molecule has 1 N–H and O–H groups in total. The first-order chi connectivity index (χ1) is 9.97. The lowest BCUT2D eigenvalue weighted by Crippen LogP contribution is -2.28. The Morgan fingerprint density at radius 3 is 2.43 bits per heavy atom. The first-order valence-electron chi connectivity index (χ1n) is 7.38. The van der Waals surface area contributed by atoms with Gasteiger partial charge in [0.05, 0.1) is 12.5 Å². The van der Waals surface area contributed by atoms with Crippen LogP contribution in [0.25, 0.3) is 0 Å². The standard InChI is InChI=1S/C19H23NO/c1-13-9-10-17(15(3)11-13)12-19(21)20-16(4)18-8-6-5-7-14(18)2/h5-11,16H,12H2,1-4H3,(H,20,21)/t16-/m1/s1. The number of amides is 1. The Morgan fingerprint density at radius 1 is 1.05 bits per heavy atom. The summed E-state index contributed by atoms with van der Waals surface area (Å²) in [4.78, 5) is 12.2. The van der Waals surface area contributed by atoms with Crippen molar-refractivity contribution in [3.8, 4) is 0 Å². The van der Waals surface area contributed by atoms with Gasteiger partial charge in [-0.2, -0.15) is 0 Å². The van der Waals surface area contributed by atoms with Gasteiger partial charge in [-0.05, 0) is 49.9 Å². The zero-order chi connectivity index (χ0) is 15.4. The molecule has 1 amide bonds. The van der Waals surface area contributed by atoms with Gasteiger partial charge >= 0.3 is 0 Å². The van der Waals surface area contributed by atoms with Gasteiger partial charge in [0.1, 0.15) is 0 Å². The van der Waals surface area contributed by atoms with Crippen molar-refractivity contribution >= 4 is 5.91 Å². The van der Waals surface area contributed by atoms with Gasteiger partial charge in [0.15, 0.2) is 0 Å². The molecule has 0 aliphatic carbocycles. The van der Waals surface area contributed by atoms with Gasteiger partial charge in [0.25, 0.3) is 0 Å². The summed E-state index contributed by atoms with van der Waals surface area (Å²) in [5.41, 5.74) is 5.87. The van der Waals surface area contributed by atoms with Crippen LogP contribution in [0.3, 0.4) is 0 Å². The fourth-order valence-electron chi connectivity index (χ4n) is 2.66. The lowest BCUT2D eigenvalue weighted by molar-refractivity contribution is -0.121. The molecular weight excluding hydrogens is 258 g/mol. The van der Waals surface area contributed by atoms with Crippen molar-refractivity contribution in [1.29, 1.82) is 0 Å². The molecule has 0 radical (unpaired) electrons. The molecule has 0 spiro atoms. The SMILES string of the molecule is Cc1ccc(CC(=O)N[C@H](C)c2ccccc2C)c(C)c1. The molecule has 0 aromatic heterocycles. The smallest absolute Gasteiger partial charge is 0.224 e. The third-order valence-corrected chi connectivity index (χ3v) is 3.88. The van der Waals surface area contributed by atoms with Gasteiger partial charge < -0.3 is 5.32 Å². The maximum atomic E-state index is 12.2. The molecule has 110 valence electrons. The monoisotopic (exact) mass is 281 g/mol. The van der Waals surface area contributed by atoms with E-state index >= 15 is 0 Å². The predicted octanol–water partition coefficient (Wildman–Crippen LogP) is 4.03. The number of carbonyl (C=O) groups excluding carboxylic acids is 1. The summed E-state index contributed by atoms with van der Waals surface area (Å²) in [5.74, 6) is 0.0673. The molecular formula is C19H23NO. The highest BCUT2D eigenvalue weighted by Crippen LogP contribution is 2.17. The summed E-state index contributed by atoms with van der Waals surface area (Å²) in [7, 11) is 0. The van der Waals surface area contributed by atoms with Crippen molar-refractivity contribution in [3.63, 3.8) is 0 Å². The first-order valence-corrected chi connectivity index (χ1v) is 7.38. The number of carbonyl (C=O) groups is 1. The van der Waals surface area contributed by atoms with Crippen LogP contribution in [-0.2, 0) is 11.2 Å². The van der Waals surface area contributed by atoms with E-state index in [-0.39, 0.29) is 11.9 Å². The van der Waals surface area contributed by atoms with Gasteiger partial charge in [-0.15, -0.1) is 0 Å². The van der Waals surface area contributed by atoms with Crippen LogP contribution >= 0.6 is 0 Å². The second kappa shape index (κ2) is 6.57. The number of nitrogens with one attached hydrogen (secondary N) is 1. The van der Waals surface area contributed by atoms with E-state index in [4.69, 9.17) is 0 Å². The van der Waals surface area contributed by atoms with Crippen LogP contribution in [0.4, 0.5) is 0 Å². The Labute approximate surface area is 127 Å². The van der Waals surface area contributed by atoms with Crippen molar-refractivity contribution in [2.75, 3.05) is 0 Å². The van der Waals surface area contributed by atoms with Gasteiger partial charge in [0, 0.05) is 0 Å². The maximum absolute atomic E-state index is 12.2. The molecule has 0 fully saturated rings. The first kappa shape index (κ1) is 15.3. The molecule has 2 aromatic carbocycles. The predicted molar refractivity (Wildman–Crippen MR) is 87.4 cm³/mol. The van der Waals surface area contributed by atoms with Crippen molar-refractivity contribution in [1.82, 2.24) is 5.32 Å². The largest absolute Gasteiger partial charge is 0.349 e. The minimum Gasteiger partial charge on any atom is -0.349 e. The van der Waals surface area contributed by atoms with Crippen LogP contribution in [0.2, 0.25) is 0 Å². The van der Waals surface area contributed by atoms with E-state index in [1.54, 1.807) is 0 Å². The second-order valence-electron chi connectivity index (χ2n) is 5.75. The van der Waals surface area contributed by atoms with E-state index in [9.17, 15) is 4.79 Å². The van der Waals surface area contributed by atoms with Gasteiger partial charge in [-0.25, -0.2) is 0 Å². The quantitative estimate of drug-likeness (QED) is 0.900. The van der Waals surface area contributed by atoms with E-state index in [1.807, 2.05) is 25.1 Å². The fourth-order valence-corrected chi connectivity index (χ4v) is 2.66. The summed E-state index contributed by atoms with van der Waals surface area (Å²) >= 11 is 0. The number of aryl methyl sites for hydroxylation is 3. The molecule has 2 rings (SSSR count). The average molecular weight is 281 g/mol. The minimum atomic E-state index is 0.0319. The Hall–Kier alpha value is -2.09. The van der Waals surface area contributed by atoms with Crippen LogP contribution in [0.1, 0.15) is 40.8 Å². The lowest BCUT2D eigenvalue weighted by Gasteiger charge is -2.17. The minimum absolute atomic E-state index is 0.0319. The van der Waals surface area contributed by atoms with Crippen molar-refractivity contribution < 1.29 is 4.79 Å². The molecule has 0 aliphatic heterocycles. The van der Waals surface area contributed by atoms with Crippen LogP contribution in [0, 0.1) is 20.8 Å². The van der Waals surface area contributed by atoms with E-state index in [2.05, 4.69) is 50.4 Å². The van der Waals surface area contributed by atoms with Gasteiger partial charge in [-0.1, -0.05) is 48.0 Å². The highest BCUT2D eigenvalue weighted by molar-refractivity contribution is 5.79. The summed E-state index contributed by atoms with van der Waals surface area (Å²) in [6.45, 7) is 8.22. The summed E-state index contributed by atoms with van der Waals surface area (Å²) < 4.78 is 0. The summed E-state index contributed by atoms with van der Waals surface area (Å²) in [6.07, 6.45) is 0.433. The number of rotatable bonds is 4. The van der Waals surface area contributed by atoms with Crippen LogP contribution in [0.15, 0.2) is 42.5 Å². The zero-order valence-corrected chi connectivity index (χ0v) is 13.2. The lowest BCUT2D eigenvalue weighted by atomic mass is 10.0. The molecule has 0 saturated heterocycles. The van der Waals surface area contributed by atoms with Crippen molar-refractivity contribution in [2.45, 2.75) is 40.2 Å². The molecule has 0 bridgehead atoms. The van der Waals surface area contributed by atoms with E-state index in [1.165, 1.54) is 22.3 Å². The Morgan fingerprint density at radius 2 is 1.76 bits per heavy atom. The van der Waals surface area contributed by atoms with Crippen LogP contribution in [-0.4, -0.2) is 5.91 Å². The van der Waals surface area contributed by atoms with Crippen LogP contribution < -0.4 is 5.32 Å².